The lowest BCUT2D eigenvalue weighted by Crippen LogP contribution is -2.47. The zero-order valence-corrected chi connectivity index (χ0v) is 25.5. The Labute approximate surface area is 260 Å². The normalized spacial score (nSPS) is 13.6. The van der Waals surface area contributed by atoms with Gasteiger partial charge >= 0.3 is 0 Å². The van der Waals surface area contributed by atoms with Gasteiger partial charge in [-0.05, 0) is 48.4 Å². The summed E-state index contributed by atoms with van der Waals surface area (Å²) in [5.74, 6) is 2.18. The van der Waals surface area contributed by atoms with Gasteiger partial charge in [-0.3, -0.25) is 14.4 Å². The minimum atomic E-state index is -4.14. The number of carbonyl (C=O) groups is 1. The number of ether oxygens (including phenoxy) is 2. The van der Waals surface area contributed by atoms with E-state index in [2.05, 4.69) is 30.2 Å². The molecule has 0 spiro atoms. The number of amides is 1. The minimum absolute atomic E-state index is 0.00555. The predicted octanol–water partition coefficient (Wildman–Crippen LogP) is 5.25. The molecule has 3 N–H and O–H groups in total. The Kier molecular flexibility index (Phi) is 8.54. The number of benzene rings is 3. The van der Waals surface area contributed by atoms with Crippen molar-refractivity contribution in [3.63, 3.8) is 0 Å². The van der Waals surface area contributed by atoms with Crippen LogP contribution in [0.3, 0.4) is 0 Å². The monoisotopic (exact) mass is 628 g/mol. The number of methoxy groups -OCH3 is 2. The molecule has 0 bridgehead atoms. The molecule has 0 radical (unpaired) electrons. The molecule has 45 heavy (non-hydrogen) atoms. The van der Waals surface area contributed by atoms with Gasteiger partial charge < -0.3 is 24.5 Å². The van der Waals surface area contributed by atoms with Crippen molar-refractivity contribution in [2.75, 3.05) is 42.7 Å². The number of sulfonamides is 1. The maximum absolute atomic E-state index is 13.6. The van der Waals surface area contributed by atoms with Gasteiger partial charge in [-0.25, -0.2) is 18.4 Å². The first-order chi connectivity index (χ1) is 21.8. The van der Waals surface area contributed by atoms with Crippen LogP contribution in [0, 0.1) is 5.92 Å². The van der Waals surface area contributed by atoms with Gasteiger partial charge in [0.1, 0.15) is 17.3 Å². The van der Waals surface area contributed by atoms with Gasteiger partial charge in [0.15, 0.2) is 11.6 Å². The van der Waals surface area contributed by atoms with Gasteiger partial charge in [0.05, 0.1) is 43.0 Å². The number of hydrogen-bond acceptors (Lipinski definition) is 10. The fraction of sp³-hybridized carbons (Fsp3) is 0.219. The van der Waals surface area contributed by atoms with Crippen molar-refractivity contribution in [2.45, 2.75) is 17.9 Å². The molecule has 0 unspecified atom stereocenters. The number of nitrogens with one attached hydrogen (secondary N) is 3. The van der Waals surface area contributed by atoms with Gasteiger partial charge in [-0.15, -0.1) is 0 Å². The van der Waals surface area contributed by atoms with Crippen LogP contribution in [0.1, 0.15) is 12.2 Å². The van der Waals surface area contributed by atoms with Crippen molar-refractivity contribution in [1.29, 1.82) is 0 Å². The summed E-state index contributed by atoms with van der Waals surface area (Å²) in [5, 5.41) is 5.98. The number of likely N-dealkylation sites (tertiary alicyclic amines) is 1. The third kappa shape index (κ3) is 7.16. The Bertz CT molecular complexity index is 1900. The predicted molar refractivity (Wildman–Crippen MR) is 170 cm³/mol. The van der Waals surface area contributed by atoms with Crippen LogP contribution in [0.4, 0.5) is 23.0 Å². The number of furan rings is 1. The van der Waals surface area contributed by atoms with Crippen molar-refractivity contribution in [2.24, 2.45) is 5.92 Å². The molecule has 12 nitrogen and oxygen atoms in total. The number of para-hydroxylation sites is 2. The average Bonchev–Trinajstić information content (AvgIpc) is 3.53. The van der Waals surface area contributed by atoms with Crippen molar-refractivity contribution < 1.29 is 27.1 Å². The second-order valence-corrected chi connectivity index (χ2v) is 12.3. The Morgan fingerprint density at radius 1 is 0.889 bits per heavy atom. The van der Waals surface area contributed by atoms with Crippen molar-refractivity contribution >= 4 is 50.0 Å². The summed E-state index contributed by atoms with van der Waals surface area (Å²) in [6, 6.07) is 22.2. The van der Waals surface area contributed by atoms with E-state index < -0.39 is 10.0 Å². The Morgan fingerprint density at radius 2 is 1.60 bits per heavy atom. The summed E-state index contributed by atoms with van der Waals surface area (Å²) >= 11 is 0. The van der Waals surface area contributed by atoms with Gasteiger partial charge in [-0.2, -0.15) is 0 Å². The number of nitrogens with zero attached hydrogens (tertiary/aromatic N) is 3. The molecule has 13 heteroatoms. The van der Waals surface area contributed by atoms with Crippen LogP contribution >= 0.6 is 0 Å². The average molecular weight is 629 g/mol. The van der Waals surface area contributed by atoms with Gasteiger partial charge in [-0.1, -0.05) is 18.2 Å². The maximum atomic E-state index is 13.6. The highest BCUT2D eigenvalue weighted by molar-refractivity contribution is 7.92. The second-order valence-electron chi connectivity index (χ2n) is 10.7. The highest BCUT2D eigenvalue weighted by Crippen LogP contribution is 2.32. The van der Waals surface area contributed by atoms with Crippen molar-refractivity contribution in [1.82, 2.24) is 14.9 Å². The van der Waals surface area contributed by atoms with Crippen molar-refractivity contribution in [3.05, 3.63) is 90.9 Å². The van der Waals surface area contributed by atoms with Crippen LogP contribution < -0.4 is 24.8 Å². The third-order valence-electron chi connectivity index (χ3n) is 7.31. The molecule has 0 atom stereocenters. The molecule has 0 saturated carbocycles. The van der Waals surface area contributed by atoms with E-state index in [4.69, 9.17) is 13.9 Å². The third-order valence-corrected chi connectivity index (χ3v) is 8.65. The largest absolute Gasteiger partial charge is 0.497 e. The Morgan fingerprint density at radius 3 is 2.27 bits per heavy atom. The summed E-state index contributed by atoms with van der Waals surface area (Å²) in [5.41, 5.74) is 2.00. The smallest absolute Gasteiger partial charge is 0.263 e. The lowest BCUT2D eigenvalue weighted by atomic mass is 9.96. The highest BCUT2D eigenvalue weighted by atomic mass is 32.2. The highest BCUT2D eigenvalue weighted by Gasteiger charge is 2.29. The van der Waals surface area contributed by atoms with Gasteiger partial charge in [0.25, 0.3) is 10.0 Å². The first-order valence-electron chi connectivity index (χ1n) is 14.2. The van der Waals surface area contributed by atoms with Gasteiger partial charge in [0, 0.05) is 49.1 Å². The van der Waals surface area contributed by atoms with E-state index in [1.54, 1.807) is 54.8 Å². The summed E-state index contributed by atoms with van der Waals surface area (Å²) in [6.07, 6.45) is 1.98. The Hall–Kier alpha value is -5.14. The molecule has 2 aromatic heterocycles. The minimum Gasteiger partial charge on any atom is -0.497 e. The van der Waals surface area contributed by atoms with Crippen molar-refractivity contribution in [3.8, 4) is 11.5 Å². The molecule has 1 aliphatic rings. The molecule has 3 heterocycles. The fourth-order valence-corrected chi connectivity index (χ4v) is 6.19. The zero-order chi connectivity index (χ0) is 31.4. The molecule has 0 aliphatic carbocycles. The lowest BCUT2D eigenvalue weighted by molar-refractivity contribution is -0.118. The van der Waals surface area contributed by atoms with Crippen LogP contribution in [-0.4, -0.2) is 56.5 Å². The van der Waals surface area contributed by atoms with E-state index in [0.717, 1.165) is 18.8 Å². The van der Waals surface area contributed by atoms with E-state index in [9.17, 15) is 13.2 Å². The van der Waals surface area contributed by atoms with E-state index in [-0.39, 0.29) is 28.4 Å². The van der Waals surface area contributed by atoms with Gasteiger partial charge in [0.2, 0.25) is 5.91 Å². The molecule has 1 fully saturated rings. The van der Waals surface area contributed by atoms with E-state index in [1.807, 2.05) is 18.2 Å². The van der Waals surface area contributed by atoms with E-state index >= 15 is 0 Å². The number of carbonyl (C=O) groups excluding carboxylic acids is 1. The number of aromatic nitrogens is 2. The lowest BCUT2D eigenvalue weighted by Gasteiger charge is -2.38. The molecular weight excluding hydrogens is 596 g/mol. The number of hydrogen-bond donors (Lipinski definition) is 3. The standard InChI is InChI=1S/C32H32N6O6S/c1-42-25-14-23(15-26(17-25)43-2)34-31-32(36-29-11-4-3-10-28(29)35-31)37-45(40,41)27-9-5-7-22(16-27)33-30(39)13-21-18-38(19-21)20-24-8-6-12-44-24/h3-12,14-17,21H,13,18-20H2,1-2H3,(H,33,39)(H,34,35)(H,36,37). The molecule has 1 saturated heterocycles. The quantitative estimate of drug-likeness (QED) is 0.167. The van der Waals surface area contributed by atoms with E-state index in [1.165, 1.54) is 26.4 Å². The van der Waals surface area contributed by atoms with Crippen LogP contribution in [0.5, 0.6) is 11.5 Å². The van der Waals surface area contributed by atoms with Crippen LogP contribution in [0.25, 0.3) is 11.0 Å². The van der Waals surface area contributed by atoms with Crippen LogP contribution in [0.2, 0.25) is 0 Å². The summed E-state index contributed by atoms with van der Waals surface area (Å²) < 4.78 is 45.9. The van der Waals surface area contributed by atoms with Crippen LogP contribution in [0.15, 0.2) is 94.4 Å². The topological polar surface area (TPSA) is 148 Å². The zero-order valence-electron chi connectivity index (χ0n) is 24.7. The summed E-state index contributed by atoms with van der Waals surface area (Å²) in [6.45, 7) is 2.29. The SMILES string of the molecule is COc1cc(Nc2nc3ccccc3nc2NS(=O)(=O)c2cccc(NC(=O)CC3CN(Cc4ccco4)C3)c2)cc(OC)c1. The first-order valence-corrected chi connectivity index (χ1v) is 15.7. The number of anilines is 4. The van der Waals surface area contributed by atoms with E-state index in [0.29, 0.717) is 46.9 Å². The maximum Gasteiger partial charge on any atom is 0.263 e. The molecule has 6 rings (SSSR count). The molecule has 232 valence electrons. The number of fused-ring (bicyclic) bond motifs is 1. The number of rotatable bonds is 12. The molecule has 5 aromatic rings. The summed E-state index contributed by atoms with van der Waals surface area (Å²) in [4.78, 5) is 24.1. The fourth-order valence-electron chi connectivity index (χ4n) is 5.13. The Balaban J connectivity index is 1.17. The van der Waals surface area contributed by atoms with Crippen LogP contribution in [-0.2, 0) is 21.4 Å². The molecule has 3 aromatic carbocycles. The summed E-state index contributed by atoms with van der Waals surface area (Å²) in [7, 11) is -1.06. The second kappa shape index (κ2) is 12.8. The first kappa shape index (κ1) is 29.9. The molecule has 1 aliphatic heterocycles. The molecule has 1 amide bonds. The molecular formula is C32H32N6O6S.